The molecular weight excluding hydrogens is 272 g/mol. The Bertz CT molecular complexity index is 384. The van der Waals surface area contributed by atoms with Crippen LogP contribution in [0.2, 0.25) is 5.02 Å². The molecule has 0 heterocycles. The van der Waals surface area contributed by atoms with E-state index in [1.54, 1.807) is 18.7 Å². The summed E-state index contributed by atoms with van der Waals surface area (Å²) >= 11 is 7.56. The molecular formula is C13H17ClO3S. The van der Waals surface area contributed by atoms with Crippen molar-refractivity contribution in [2.24, 2.45) is 0 Å². The standard InChI is InChI=1S/C13H17ClO3S/c1-2-17-13(16)7-11(15)9-18-8-10-5-3-4-6-12(10)14/h3-6,11,15H,2,7-9H2,1H3. The third-order valence-corrected chi connectivity index (χ3v) is 3.74. The van der Waals surface area contributed by atoms with Crippen molar-refractivity contribution in [1.29, 1.82) is 0 Å². The van der Waals surface area contributed by atoms with Gasteiger partial charge in [0.1, 0.15) is 0 Å². The van der Waals surface area contributed by atoms with Crippen LogP contribution >= 0.6 is 23.4 Å². The van der Waals surface area contributed by atoms with Crippen LogP contribution in [0.15, 0.2) is 24.3 Å². The Labute approximate surface area is 116 Å². The molecule has 1 N–H and O–H groups in total. The van der Waals surface area contributed by atoms with Gasteiger partial charge in [0.05, 0.1) is 19.1 Å². The number of ether oxygens (including phenoxy) is 1. The van der Waals surface area contributed by atoms with Crippen LogP contribution in [0.5, 0.6) is 0 Å². The van der Waals surface area contributed by atoms with Gasteiger partial charge >= 0.3 is 5.97 Å². The summed E-state index contributed by atoms with van der Waals surface area (Å²) in [6.45, 7) is 2.09. The summed E-state index contributed by atoms with van der Waals surface area (Å²) in [6.07, 6.45) is -0.625. The van der Waals surface area contributed by atoms with Crippen molar-refractivity contribution in [2.75, 3.05) is 12.4 Å². The van der Waals surface area contributed by atoms with Crippen molar-refractivity contribution in [3.8, 4) is 0 Å². The van der Waals surface area contributed by atoms with Gasteiger partial charge in [-0.1, -0.05) is 29.8 Å². The Balaban J connectivity index is 2.25. The SMILES string of the molecule is CCOC(=O)CC(O)CSCc1ccccc1Cl. The van der Waals surface area contributed by atoms with Gasteiger partial charge in [-0.15, -0.1) is 0 Å². The van der Waals surface area contributed by atoms with Crippen molar-refractivity contribution >= 4 is 29.3 Å². The molecule has 18 heavy (non-hydrogen) atoms. The van der Waals surface area contributed by atoms with Crippen LogP contribution in [0.4, 0.5) is 0 Å². The first kappa shape index (κ1) is 15.3. The average Bonchev–Trinajstić information content (AvgIpc) is 2.31. The number of halogens is 1. The summed E-state index contributed by atoms with van der Waals surface area (Å²) in [4.78, 5) is 11.1. The number of aliphatic hydroxyl groups is 1. The lowest BCUT2D eigenvalue weighted by Gasteiger charge is -2.10. The topological polar surface area (TPSA) is 46.5 Å². The van der Waals surface area contributed by atoms with Gasteiger partial charge in [0.25, 0.3) is 0 Å². The fourth-order valence-corrected chi connectivity index (χ4v) is 2.65. The van der Waals surface area contributed by atoms with Gasteiger partial charge < -0.3 is 9.84 Å². The van der Waals surface area contributed by atoms with E-state index >= 15 is 0 Å². The first-order valence-electron chi connectivity index (χ1n) is 5.78. The maximum atomic E-state index is 11.1. The molecule has 1 aromatic rings. The lowest BCUT2D eigenvalue weighted by Crippen LogP contribution is -2.18. The number of rotatable bonds is 7. The first-order valence-corrected chi connectivity index (χ1v) is 7.31. The zero-order chi connectivity index (χ0) is 13.4. The fraction of sp³-hybridized carbons (Fsp3) is 0.462. The molecule has 0 aliphatic rings. The lowest BCUT2D eigenvalue weighted by atomic mass is 10.2. The molecule has 0 spiro atoms. The van der Waals surface area contributed by atoms with Crippen LogP contribution < -0.4 is 0 Å². The summed E-state index contributed by atoms with van der Waals surface area (Å²) in [6, 6.07) is 7.60. The minimum absolute atomic E-state index is 0.0450. The van der Waals surface area contributed by atoms with Gasteiger partial charge in [0.2, 0.25) is 0 Å². The molecule has 0 aliphatic carbocycles. The second-order valence-corrected chi connectivity index (χ2v) is 5.21. The predicted molar refractivity (Wildman–Crippen MR) is 74.9 cm³/mol. The molecule has 1 atom stereocenters. The highest BCUT2D eigenvalue weighted by atomic mass is 35.5. The first-order chi connectivity index (χ1) is 8.63. The monoisotopic (exact) mass is 288 g/mol. The predicted octanol–water partition coefficient (Wildman–Crippen LogP) is 2.89. The minimum Gasteiger partial charge on any atom is -0.466 e. The van der Waals surface area contributed by atoms with Crippen molar-refractivity contribution in [3.63, 3.8) is 0 Å². The number of carbonyl (C=O) groups excluding carboxylic acids is 1. The zero-order valence-electron chi connectivity index (χ0n) is 10.3. The summed E-state index contributed by atoms with van der Waals surface area (Å²) < 4.78 is 4.77. The van der Waals surface area contributed by atoms with Crippen molar-refractivity contribution in [2.45, 2.75) is 25.2 Å². The van der Waals surface area contributed by atoms with E-state index in [0.29, 0.717) is 12.4 Å². The van der Waals surface area contributed by atoms with Crippen molar-refractivity contribution in [3.05, 3.63) is 34.9 Å². The molecule has 1 unspecified atom stereocenters. The van der Waals surface area contributed by atoms with Crippen LogP contribution in [0, 0.1) is 0 Å². The Kier molecular flexibility index (Phi) is 7.16. The van der Waals surface area contributed by atoms with Gasteiger partial charge in [0, 0.05) is 16.5 Å². The molecule has 0 saturated heterocycles. The van der Waals surface area contributed by atoms with E-state index in [2.05, 4.69) is 0 Å². The Morgan fingerprint density at radius 2 is 2.22 bits per heavy atom. The van der Waals surface area contributed by atoms with Crippen LogP contribution in [-0.4, -0.2) is 29.5 Å². The van der Waals surface area contributed by atoms with E-state index in [0.717, 1.165) is 16.3 Å². The molecule has 3 nitrogen and oxygen atoms in total. The zero-order valence-corrected chi connectivity index (χ0v) is 11.8. The molecule has 0 bridgehead atoms. The van der Waals surface area contributed by atoms with E-state index in [4.69, 9.17) is 16.3 Å². The van der Waals surface area contributed by atoms with Crippen molar-refractivity contribution in [1.82, 2.24) is 0 Å². The van der Waals surface area contributed by atoms with Gasteiger partial charge in [-0.2, -0.15) is 11.8 Å². The maximum absolute atomic E-state index is 11.1. The minimum atomic E-state index is -0.670. The second kappa shape index (κ2) is 8.40. The Morgan fingerprint density at radius 3 is 2.89 bits per heavy atom. The number of thioether (sulfide) groups is 1. The molecule has 1 aromatic carbocycles. The molecule has 5 heteroatoms. The number of hydrogen-bond acceptors (Lipinski definition) is 4. The maximum Gasteiger partial charge on any atom is 0.308 e. The highest BCUT2D eigenvalue weighted by Gasteiger charge is 2.11. The van der Waals surface area contributed by atoms with Gasteiger partial charge in [0.15, 0.2) is 0 Å². The largest absolute Gasteiger partial charge is 0.466 e. The van der Waals surface area contributed by atoms with E-state index in [1.165, 1.54) is 0 Å². The van der Waals surface area contributed by atoms with E-state index < -0.39 is 6.10 Å². The molecule has 0 saturated carbocycles. The van der Waals surface area contributed by atoms with Crippen LogP contribution in [0.1, 0.15) is 18.9 Å². The Morgan fingerprint density at radius 1 is 1.50 bits per heavy atom. The van der Waals surface area contributed by atoms with E-state index in [9.17, 15) is 9.90 Å². The lowest BCUT2D eigenvalue weighted by molar-refractivity contribution is -0.144. The quantitative estimate of drug-likeness (QED) is 0.784. The van der Waals surface area contributed by atoms with Gasteiger partial charge in [-0.05, 0) is 18.6 Å². The van der Waals surface area contributed by atoms with Crippen LogP contribution in [0.3, 0.4) is 0 Å². The second-order valence-electron chi connectivity index (χ2n) is 3.77. The summed E-state index contributed by atoms with van der Waals surface area (Å²) in [5.74, 6) is 0.854. The van der Waals surface area contributed by atoms with E-state index in [-0.39, 0.29) is 12.4 Å². The summed E-state index contributed by atoms with van der Waals surface area (Å²) in [5.41, 5.74) is 1.03. The third kappa shape index (κ3) is 5.76. The molecule has 0 aliphatic heterocycles. The highest BCUT2D eigenvalue weighted by molar-refractivity contribution is 7.98. The summed E-state index contributed by atoms with van der Waals surface area (Å²) in [7, 11) is 0. The molecule has 0 aromatic heterocycles. The van der Waals surface area contributed by atoms with Crippen LogP contribution in [-0.2, 0) is 15.3 Å². The Hall–Kier alpha value is -0.710. The summed E-state index contributed by atoms with van der Waals surface area (Å²) in [5, 5.41) is 10.4. The fourth-order valence-electron chi connectivity index (χ4n) is 1.39. The molecule has 100 valence electrons. The number of aliphatic hydroxyl groups excluding tert-OH is 1. The number of esters is 1. The smallest absolute Gasteiger partial charge is 0.308 e. The van der Waals surface area contributed by atoms with Crippen molar-refractivity contribution < 1.29 is 14.6 Å². The highest BCUT2D eigenvalue weighted by Crippen LogP contribution is 2.21. The number of benzene rings is 1. The number of hydrogen-bond donors (Lipinski definition) is 1. The number of carbonyl (C=O) groups is 1. The van der Waals surface area contributed by atoms with Crippen LogP contribution in [0.25, 0.3) is 0 Å². The third-order valence-electron chi connectivity index (χ3n) is 2.23. The molecule has 0 fully saturated rings. The van der Waals surface area contributed by atoms with Gasteiger partial charge in [-0.25, -0.2) is 0 Å². The van der Waals surface area contributed by atoms with E-state index in [1.807, 2.05) is 24.3 Å². The van der Waals surface area contributed by atoms with Gasteiger partial charge in [-0.3, -0.25) is 4.79 Å². The molecule has 1 rings (SSSR count). The normalized spacial score (nSPS) is 12.2. The average molecular weight is 289 g/mol. The molecule has 0 amide bonds. The molecule has 0 radical (unpaired) electrons.